The molecule has 0 aliphatic carbocycles. The Morgan fingerprint density at radius 1 is 0.812 bits per heavy atom. The van der Waals surface area contributed by atoms with Crippen LogP contribution in [0.2, 0.25) is 0 Å². The highest BCUT2D eigenvalue weighted by Crippen LogP contribution is 2.28. The van der Waals surface area contributed by atoms with Crippen molar-refractivity contribution >= 4 is 0 Å². The number of nitrogens with zero attached hydrogens (tertiary/aromatic N) is 1. The van der Waals surface area contributed by atoms with Gasteiger partial charge in [0, 0.05) is 0 Å². The van der Waals surface area contributed by atoms with Crippen LogP contribution in [0.3, 0.4) is 0 Å². The van der Waals surface area contributed by atoms with Crippen molar-refractivity contribution in [1.82, 2.24) is 0 Å². The predicted molar refractivity (Wildman–Crippen MR) is 102 cm³/mol. The molecule has 0 saturated carbocycles. The van der Waals surface area contributed by atoms with E-state index in [4.69, 9.17) is 18.9 Å². The smallest absolute Gasteiger partial charge is 0.188 e. The SMILES string of the molecule is N#CC(O[C@@H]1OC(CO[C@@H]2O[C@H](CO)[C@@H](O)[C@H](O)[C@H]2O)[C@@H](O)C(O)[C@H]1O)c1ccccc1. The summed E-state index contributed by atoms with van der Waals surface area (Å²) in [6.07, 6.45) is -16.5. The third-order valence-corrected chi connectivity index (χ3v) is 5.43. The Morgan fingerprint density at radius 3 is 1.97 bits per heavy atom. The molecular weight excluding hydrogens is 430 g/mol. The van der Waals surface area contributed by atoms with Crippen molar-refractivity contribution < 1.29 is 54.7 Å². The summed E-state index contributed by atoms with van der Waals surface area (Å²) in [7, 11) is 0. The van der Waals surface area contributed by atoms with Crippen molar-refractivity contribution in [3.63, 3.8) is 0 Å². The Labute approximate surface area is 183 Å². The monoisotopic (exact) mass is 457 g/mol. The molecular formula is C20H27NO11. The number of hydrogen-bond acceptors (Lipinski definition) is 12. The van der Waals surface area contributed by atoms with E-state index in [9.17, 15) is 41.0 Å². The Kier molecular flexibility index (Phi) is 8.50. The van der Waals surface area contributed by atoms with E-state index >= 15 is 0 Å². The first-order chi connectivity index (χ1) is 15.3. The van der Waals surface area contributed by atoms with Crippen LogP contribution in [-0.4, -0.2) is 110 Å². The van der Waals surface area contributed by atoms with Crippen LogP contribution in [0.4, 0.5) is 0 Å². The number of ether oxygens (including phenoxy) is 4. The summed E-state index contributed by atoms with van der Waals surface area (Å²) >= 11 is 0. The molecule has 1 aromatic carbocycles. The summed E-state index contributed by atoms with van der Waals surface area (Å²) in [6, 6.07) is 10.3. The number of aliphatic hydroxyl groups is 7. The highest BCUT2D eigenvalue weighted by molar-refractivity contribution is 5.22. The highest BCUT2D eigenvalue weighted by Gasteiger charge is 2.48. The molecule has 178 valence electrons. The number of nitriles is 1. The second-order valence-electron chi connectivity index (χ2n) is 7.60. The van der Waals surface area contributed by atoms with Gasteiger partial charge < -0.3 is 54.7 Å². The van der Waals surface area contributed by atoms with Crippen molar-refractivity contribution in [3.05, 3.63) is 35.9 Å². The minimum atomic E-state index is -1.70. The molecule has 32 heavy (non-hydrogen) atoms. The summed E-state index contributed by atoms with van der Waals surface area (Å²) in [4.78, 5) is 0. The summed E-state index contributed by atoms with van der Waals surface area (Å²) in [5.74, 6) is 0. The van der Waals surface area contributed by atoms with Gasteiger partial charge in [0.15, 0.2) is 18.7 Å². The number of aliphatic hydroxyl groups excluding tert-OH is 7. The van der Waals surface area contributed by atoms with E-state index in [2.05, 4.69) is 0 Å². The Bertz CT molecular complexity index is 760. The van der Waals surface area contributed by atoms with Gasteiger partial charge in [-0.25, -0.2) is 0 Å². The van der Waals surface area contributed by atoms with Gasteiger partial charge in [-0.2, -0.15) is 5.26 Å². The van der Waals surface area contributed by atoms with Gasteiger partial charge in [-0.15, -0.1) is 0 Å². The molecule has 2 saturated heterocycles. The van der Waals surface area contributed by atoms with Gasteiger partial charge in [-0.1, -0.05) is 30.3 Å². The van der Waals surface area contributed by atoms with Gasteiger partial charge in [-0.05, 0) is 5.56 Å². The molecule has 0 spiro atoms. The van der Waals surface area contributed by atoms with Crippen LogP contribution in [-0.2, 0) is 18.9 Å². The minimum Gasteiger partial charge on any atom is -0.394 e. The Balaban J connectivity index is 1.65. The molecule has 12 heteroatoms. The van der Waals surface area contributed by atoms with E-state index in [-0.39, 0.29) is 0 Å². The molecule has 2 aliphatic heterocycles. The van der Waals surface area contributed by atoms with Crippen LogP contribution < -0.4 is 0 Å². The Morgan fingerprint density at radius 2 is 1.38 bits per heavy atom. The third-order valence-electron chi connectivity index (χ3n) is 5.43. The van der Waals surface area contributed by atoms with Crippen molar-refractivity contribution in [2.45, 2.75) is 67.5 Å². The fraction of sp³-hybridized carbons (Fsp3) is 0.650. The van der Waals surface area contributed by atoms with Crippen LogP contribution in [0.1, 0.15) is 11.7 Å². The molecule has 1 aromatic rings. The molecule has 2 heterocycles. The van der Waals surface area contributed by atoms with Crippen molar-refractivity contribution in [2.24, 2.45) is 0 Å². The van der Waals surface area contributed by atoms with Gasteiger partial charge in [-0.3, -0.25) is 0 Å². The van der Waals surface area contributed by atoms with Gasteiger partial charge in [0.05, 0.1) is 19.3 Å². The first-order valence-electron chi connectivity index (χ1n) is 10.00. The molecule has 12 nitrogen and oxygen atoms in total. The Hall–Kier alpha value is -1.73. The van der Waals surface area contributed by atoms with Crippen LogP contribution in [0.25, 0.3) is 0 Å². The van der Waals surface area contributed by atoms with E-state index in [1.165, 1.54) is 0 Å². The zero-order valence-electron chi connectivity index (χ0n) is 16.9. The standard InChI is InChI=1S/C20H27NO11/c21-6-10(9-4-2-1-3-5-9)30-20-18(28)16(26)14(24)12(32-20)8-29-19-17(27)15(25)13(23)11(7-22)31-19/h1-5,10-20,22-28H,7-8H2/t10?,11-,12?,13-,14-,15+,16?,17-,18-,19-,20-/m1/s1. The molecule has 2 aliphatic rings. The average molecular weight is 457 g/mol. The number of benzene rings is 1. The first-order valence-corrected chi connectivity index (χ1v) is 10.00. The predicted octanol–water partition coefficient (Wildman–Crippen LogP) is -3.11. The second-order valence-corrected chi connectivity index (χ2v) is 7.60. The lowest BCUT2D eigenvalue weighted by molar-refractivity contribution is -0.334. The van der Waals surface area contributed by atoms with Gasteiger partial charge in [0.1, 0.15) is 48.8 Å². The number of rotatable bonds is 7. The lowest BCUT2D eigenvalue weighted by atomic mass is 9.98. The van der Waals surface area contributed by atoms with Crippen molar-refractivity contribution in [3.8, 4) is 6.07 Å². The summed E-state index contributed by atoms with van der Waals surface area (Å²) in [5, 5.41) is 79.1. The largest absolute Gasteiger partial charge is 0.394 e. The van der Waals surface area contributed by atoms with Crippen LogP contribution >= 0.6 is 0 Å². The molecule has 0 radical (unpaired) electrons. The van der Waals surface area contributed by atoms with E-state index in [1.807, 2.05) is 6.07 Å². The molecule has 3 rings (SSSR count). The average Bonchev–Trinajstić information content (AvgIpc) is 2.81. The fourth-order valence-corrected chi connectivity index (χ4v) is 3.51. The highest BCUT2D eigenvalue weighted by atomic mass is 16.7. The van der Waals surface area contributed by atoms with Gasteiger partial charge >= 0.3 is 0 Å². The molecule has 7 N–H and O–H groups in total. The molecule has 2 fully saturated rings. The lowest BCUT2D eigenvalue weighted by Crippen LogP contribution is -2.61. The van der Waals surface area contributed by atoms with Crippen molar-refractivity contribution in [1.29, 1.82) is 5.26 Å². The summed E-state index contributed by atoms with van der Waals surface area (Å²) < 4.78 is 21.6. The molecule has 0 amide bonds. The zero-order chi connectivity index (χ0) is 23.4. The molecule has 0 bridgehead atoms. The quantitative estimate of drug-likeness (QED) is 0.218. The normalized spacial score (nSPS) is 41.1. The molecule has 11 atom stereocenters. The van der Waals surface area contributed by atoms with Crippen molar-refractivity contribution in [2.75, 3.05) is 13.2 Å². The molecule has 0 aromatic heterocycles. The third kappa shape index (κ3) is 5.25. The maximum absolute atomic E-state index is 10.3. The second kappa shape index (κ2) is 10.9. The summed E-state index contributed by atoms with van der Waals surface area (Å²) in [5.41, 5.74) is 0.487. The number of hydrogen-bond donors (Lipinski definition) is 7. The minimum absolute atomic E-state index is 0.487. The van der Waals surface area contributed by atoms with Gasteiger partial charge in [0.2, 0.25) is 0 Å². The summed E-state index contributed by atoms with van der Waals surface area (Å²) in [6.45, 7) is -1.14. The maximum atomic E-state index is 10.3. The molecule has 3 unspecified atom stereocenters. The van der Waals surface area contributed by atoms with E-state index in [1.54, 1.807) is 30.3 Å². The van der Waals surface area contributed by atoms with Gasteiger partial charge in [0.25, 0.3) is 0 Å². The zero-order valence-corrected chi connectivity index (χ0v) is 16.9. The van der Waals surface area contributed by atoms with Crippen LogP contribution in [0.5, 0.6) is 0 Å². The van der Waals surface area contributed by atoms with E-state index in [0.29, 0.717) is 5.56 Å². The maximum Gasteiger partial charge on any atom is 0.188 e. The fourth-order valence-electron chi connectivity index (χ4n) is 3.51. The van der Waals surface area contributed by atoms with Crippen LogP contribution in [0, 0.1) is 11.3 Å². The van der Waals surface area contributed by atoms with E-state index < -0.39 is 80.7 Å². The topological polar surface area (TPSA) is 202 Å². The van der Waals surface area contributed by atoms with E-state index in [0.717, 1.165) is 0 Å². The van der Waals surface area contributed by atoms with Crippen LogP contribution in [0.15, 0.2) is 30.3 Å². The lowest BCUT2D eigenvalue weighted by Gasteiger charge is -2.43. The first kappa shape index (κ1) is 24.9.